The summed E-state index contributed by atoms with van der Waals surface area (Å²) >= 11 is 0. The van der Waals surface area contributed by atoms with Gasteiger partial charge < -0.3 is 20.9 Å². The average molecular weight is 1050 g/mol. The minimum Gasteiger partial charge on any atom is -0.504 e. The predicted molar refractivity (Wildman–Crippen MR) is 258 cm³/mol. The molecule has 37 heteroatoms. The van der Waals surface area contributed by atoms with Gasteiger partial charge in [0, 0.05) is 0 Å². The molecule has 8 aromatic heterocycles. The van der Waals surface area contributed by atoms with E-state index in [0.717, 1.165) is 22.1 Å². The van der Waals surface area contributed by atoms with Crippen LogP contribution in [0.2, 0.25) is 0 Å². The minimum atomic E-state index is -0.385. The first-order valence-corrected chi connectivity index (χ1v) is 21.2. The number of nitrogens with one attached hydrogen (secondary N) is 10. The first kappa shape index (κ1) is 48.5. The summed E-state index contributed by atoms with van der Waals surface area (Å²) in [5, 5.41) is 108. The SMILES string of the molecule is N#CC(C#N)=c1c(N)c(N=N)c(=C(C#N)C#N)c2c1=NCN=2.O=C1c2n[nH]nc2C(=O)c2[nH]cnc21.O=Nc1c2ncnc2c(NO)c2n[nH][nH]c12.Oc1c2ncnc2c(O)c2[nH][nH]nc12.c1nc2cc3n[nH][nH]c3cc2n1. The third-order valence-electron chi connectivity index (χ3n) is 11.3. The molecule has 0 fully saturated rings. The fourth-order valence-electron chi connectivity index (χ4n) is 7.87. The van der Waals surface area contributed by atoms with Crippen LogP contribution in [-0.2, 0) is 0 Å². The maximum Gasteiger partial charge on any atom is 0.236 e. The summed E-state index contributed by atoms with van der Waals surface area (Å²) < 4.78 is 0. The van der Waals surface area contributed by atoms with Crippen molar-refractivity contribution < 1.29 is 25.0 Å². The fourth-order valence-corrected chi connectivity index (χ4v) is 7.87. The number of rotatable bonds is 3. The monoisotopic (exact) mass is 1050 g/mol. The van der Waals surface area contributed by atoms with Crippen molar-refractivity contribution in [2.45, 2.75) is 0 Å². The van der Waals surface area contributed by atoms with E-state index in [1.54, 1.807) is 30.6 Å². The number of ketones is 2. The Morgan fingerprint density at radius 1 is 0.641 bits per heavy atom. The Bertz CT molecular complexity index is 4550. The zero-order valence-electron chi connectivity index (χ0n) is 38.3. The maximum atomic E-state index is 11.6. The van der Waals surface area contributed by atoms with Gasteiger partial charge in [0.1, 0.15) is 128 Å². The number of hydrogen-bond acceptors (Lipinski definition) is 29. The van der Waals surface area contributed by atoms with Gasteiger partial charge in [-0.2, -0.15) is 56.9 Å². The number of nitrogens with two attached hydrogens (primary N) is 1. The molecule has 0 saturated heterocycles. The van der Waals surface area contributed by atoms with E-state index < -0.39 is 0 Å². The summed E-state index contributed by atoms with van der Waals surface area (Å²) in [6, 6.07) is 10.6. The number of aromatic nitrogens is 20. The van der Waals surface area contributed by atoms with Crippen molar-refractivity contribution in [1.82, 2.24) is 102 Å². The molecule has 0 amide bonds. The first-order valence-electron chi connectivity index (χ1n) is 21.2. The molecule has 37 nitrogen and oxygen atoms in total. The van der Waals surface area contributed by atoms with E-state index in [0.29, 0.717) is 27.6 Å². The van der Waals surface area contributed by atoms with Crippen LogP contribution < -0.4 is 32.4 Å². The summed E-state index contributed by atoms with van der Waals surface area (Å²) in [6.45, 7) is 0.00447. The van der Waals surface area contributed by atoms with Crippen molar-refractivity contribution in [3.8, 4) is 35.8 Å². The van der Waals surface area contributed by atoms with Crippen molar-refractivity contribution in [3.63, 3.8) is 0 Å². The number of fused-ring (bicyclic) bond motifs is 9. The van der Waals surface area contributed by atoms with E-state index in [1.807, 2.05) is 17.6 Å². The number of hydrogen-bond donors (Lipinski definition) is 14. The molecule has 0 unspecified atom stereocenters. The Morgan fingerprint density at radius 2 is 1.23 bits per heavy atom. The number of aromatic amines is 8. The van der Waals surface area contributed by atoms with Gasteiger partial charge in [0.15, 0.2) is 34.1 Å². The molecule has 78 heavy (non-hydrogen) atoms. The molecule has 2 aliphatic rings. The Morgan fingerprint density at radius 3 is 1.91 bits per heavy atom. The Balaban J connectivity index is 0.000000112. The summed E-state index contributed by atoms with van der Waals surface area (Å²) in [4.78, 5) is 72.1. The van der Waals surface area contributed by atoms with E-state index in [4.69, 9.17) is 37.5 Å². The van der Waals surface area contributed by atoms with E-state index in [-0.39, 0.29) is 124 Å². The highest BCUT2D eigenvalue weighted by Gasteiger charge is 2.35. The molecular formula is C41H23N31O6. The Hall–Kier alpha value is -13.2. The second kappa shape index (κ2) is 19.8. The Kier molecular flexibility index (Phi) is 12.3. The normalized spacial score (nSPS) is 11.6. The van der Waals surface area contributed by atoms with Gasteiger partial charge in [-0.25, -0.2) is 56.1 Å². The van der Waals surface area contributed by atoms with Gasteiger partial charge in [0.2, 0.25) is 11.6 Å². The zero-order chi connectivity index (χ0) is 54.8. The number of nitriles is 4. The van der Waals surface area contributed by atoms with Crippen LogP contribution in [0.25, 0.3) is 77.3 Å². The van der Waals surface area contributed by atoms with E-state index in [1.165, 1.54) is 19.0 Å². The largest absolute Gasteiger partial charge is 0.504 e. The lowest BCUT2D eigenvalue weighted by Crippen LogP contribution is -2.49. The number of benzene rings is 4. The number of nitroso groups, excluding NO2 is 1. The standard InChI is InChI=1S/C13H5N9.C7H5N7O2.C7H5N5O2.C7H3N5O2.C7H5N5/c14-1-6(2-15)8-10(18)11(22-19)9(7(3-16)4-17)13-12(8)20-5-21-13;15-12-6-2-3(9-1-8-2)7(13-16)5-4(6)10-14-11-5;2*13-6-2-3(9-1-8-2)7(14)5-4(6)10-12-11-5;1-4-5(9-3-8-4)2-7-6(1)10-12-11-7/h19H,5,18H2;1,10,13-14,16H;1,10,12-14H;1H,(H,8,9)(H,10,11,12);1-3,10,12H. The number of carbonyl (C=O) groups excluding carboxylic acids is 2. The smallest absolute Gasteiger partial charge is 0.236 e. The van der Waals surface area contributed by atoms with Crippen LogP contribution in [-0.4, -0.2) is 135 Å². The molecule has 0 spiro atoms. The molecule has 0 radical (unpaired) electrons. The number of carbonyl (C=O) groups is 2. The van der Waals surface area contributed by atoms with Crippen LogP contribution in [0.4, 0.5) is 22.7 Å². The van der Waals surface area contributed by atoms with Crippen molar-refractivity contribution in [2.24, 2.45) is 20.3 Å². The third kappa shape index (κ3) is 7.86. The highest BCUT2D eigenvalue weighted by atomic mass is 16.5. The van der Waals surface area contributed by atoms with Gasteiger partial charge in [-0.3, -0.25) is 45.6 Å². The van der Waals surface area contributed by atoms with Gasteiger partial charge in [0.05, 0.1) is 49.7 Å². The van der Waals surface area contributed by atoms with Crippen molar-refractivity contribution in [1.29, 1.82) is 26.6 Å². The molecule has 0 bridgehead atoms. The van der Waals surface area contributed by atoms with Crippen LogP contribution in [0.1, 0.15) is 32.4 Å². The molecule has 15 N–H and O–H groups in total. The number of phenols is 2. The maximum absolute atomic E-state index is 11.6. The van der Waals surface area contributed by atoms with Gasteiger partial charge in [-0.1, -0.05) is 0 Å². The molecule has 9 heterocycles. The van der Waals surface area contributed by atoms with Crippen molar-refractivity contribution >= 4 is 112 Å². The summed E-state index contributed by atoms with van der Waals surface area (Å²) in [6.07, 6.45) is 5.40. The van der Waals surface area contributed by atoms with E-state index in [2.05, 4.69) is 122 Å². The predicted octanol–water partition coefficient (Wildman–Crippen LogP) is -0.0467. The molecule has 12 aromatic rings. The highest BCUT2D eigenvalue weighted by molar-refractivity contribution is 6.25. The molecule has 4 aromatic carbocycles. The number of anilines is 2. The number of phenolic OH excluding ortho intramolecular Hbond substituents is 2. The lowest BCUT2D eigenvalue weighted by Gasteiger charge is -2.04. The number of aromatic hydroxyl groups is 2. The second-order valence-corrected chi connectivity index (χ2v) is 15.3. The van der Waals surface area contributed by atoms with Gasteiger partial charge >= 0.3 is 0 Å². The summed E-state index contributed by atoms with van der Waals surface area (Å²) in [5.41, 5.74) is 20.9. The second-order valence-electron chi connectivity index (χ2n) is 15.3. The summed E-state index contributed by atoms with van der Waals surface area (Å²) in [5.74, 6) is -0.910. The molecular weight excluding hydrogens is 1020 g/mol. The number of H-pyrrole nitrogens is 8. The minimum absolute atomic E-state index is 0.00447. The molecule has 14 rings (SSSR count). The number of nitrogens with zero attached hydrogens (tertiary/aromatic N) is 20. The number of nitrogen functional groups attached to an aromatic ring is 1. The van der Waals surface area contributed by atoms with Crippen LogP contribution in [0, 0.1) is 55.8 Å². The average Bonchev–Trinajstić information content (AvgIpc) is 4.36. The van der Waals surface area contributed by atoms with E-state index >= 15 is 0 Å². The molecule has 1 aliphatic heterocycles. The van der Waals surface area contributed by atoms with Crippen molar-refractivity contribution in [2.75, 3.05) is 17.9 Å². The molecule has 0 atom stereocenters. The first-order chi connectivity index (χ1) is 38.0. The van der Waals surface area contributed by atoms with Crippen molar-refractivity contribution in [3.05, 3.63) is 86.3 Å². The summed E-state index contributed by atoms with van der Waals surface area (Å²) in [7, 11) is 0. The van der Waals surface area contributed by atoms with Crippen LogP contribution >= 0.6 is 0 Å². The van der Waals surface area contributed by atoms with Crippen LogP contribution in [0.15, 0.2) is 57.7 Å². The molecule has 378 valence electrons. The van der Waals surface area contributed by atoms with E-state index in [9.17, 15) is 24.7 Å². The molecule has 0 saturated carbocycles. The highest BCUT2D eigenvalue weighted by Crippen LogP contribution is 2.38. The third-order valence-corrected chi connectivity index (χ3v) is 11.3. The zero-order valence-corrected chi connectivity index (χ0v) is 38.3. The molecule has 1 aliphatic carbocycles. The van der Waals surface area contributed by atoms with Crippen LogP contribution in [0.3, 0.4) is 0 Å². The van der Waals surface area contributed by atoms with Gasteiger partial charge in [-0.05, 0) is 17.3 Å². The van der Waals surface area contributed by atoms with Crippen LogP contribution in [0.5, 0.6) is 11.5 Å². The lowest BCUT2D eigenvalue weighted by molar-refractivity contribution is 0.0969. The topological polar surface area (TPSA) is 599 Å². The number of imidazole rings is 4. The fraction of sp³-hybridized carbons (Fsp3) is 0.0244. The van der Waals surface area contributed by atoms with Gasteiger partial charge in [-0.15, -0.1) is 4.91 Å². The van der Waals surface area contributed by atoms with Gasteiger partial charge in [0.25, 0.3) is 0 Å². The lowest BCUT2D eigenvalue weighted by atomic mass is 10.00. The quantitative estimate of drug-likeness (QED) is 0.0363. The Labute approximate surface area is 424 Å².